The Bertz CT molecular complexity index is 1000. The summed E-state index contributed by atoms with van der Waals surface area (Å²) in [7, 11) is 0. The van der Waals surface area contributed by atoms with E-state index in [9.17, 15) is 14.4 Å². The second kappa shape index (κ2) is 6.36. The Hall–Kier alpha value is -2.37. The van der Waals surface area contributed by atoms with E-state index in [1.807, 2.05) is 0 Å². The molecule has 0 unspecified atom stereocenters. The van der Waals surface area contributed by atoms with Gasteiger partial charge in [0.2, 0.25) is 0 Å². The minimum Gasteiger partial charge on any atom is -0.462 e. The number of aryl methyl sites for hydroxylation is 1. The Balaban J connectivity index is 1.44. The van der Waals surface area contributed by atoms with Gasteiger partial charge in [0.15, 0.2) is 0 Å². The maximum atomic E-state index is 12.4. The second-order valence-corrected chi connectivity index (χ2v) is 8.66. The molecule has 0 aliphatic heterocycles. The van der Waals surface area contributed by atoms with Gasteiger partial charge in [0, 0.05) is 6.54 Å². The maximum Gasteiger partial charge on any atom is 0.328 e. The zero-order chi connectivity index (χ0) is 19.3. The highest BCUT2D eigenvalue weighted by Gasteiger charge is 2.57. The lowest BCUT2D eigenvalue weighted by Crippen LogP contribution is -2.57. The lowest BCUT2D eigenvalue weighted by atomic mass is 9.45. The predicted octanol–water partition coefficient (Wildman–Crippen LogP) is 2.69. The van der Waals surface area contributed by atoms with E-state index < -0.39 is 11.2 Å². The fourth-order valence-corrected chi connectivity index (χ4v) is 5.15. The molecule has 1 heterocycles. The fraction of sp³-hybridized carbons (Fsp3) is 0.571. The van der Waals surface area contributed by atoms with Crippen LogP contribution in [-0.2, 0) is 16.1 Å². The van der Waals surface area contributed by atoms with Gasteiger partial charge in [-0.2, -0.15) is 0 Å². The van der Waals surface area contributed by atoms with E-state index >= 15 is 0 Å². The second-order valence-electron chi connectivity index (χ2n) is 8.66. The summed E-state index contributed by atoms with van der Waals surface area (Å²) in [4.78, 5) is 38.8. The molecule has 1 aromatic carbocycles. The number of nitrogens with zero attached hydrogens (tertiary/aromatic N) is 1. The first-order valence-electron chi connectivity index (χ1n) is 9.70. The van der Waals surface area contributed by atoms with Gasteiger partial charge >= 0.3 is 11.7 Å². The molecule has 4 atom stereocenters. The number of aromatic nitrogens is 2. The first-order chi connectivity index (χ1) is 12.8. The maximum absolute atomic E-state index is 12.4. The molecule has 5 rings (SSSR count). The standard InChI is InChI=1S/C21H26N2O4/c1-12-15-10-13(21(15,2)3)11-17(12)27-18(24)8-9-23-16-7-5-4-6-14(16)19(25)22-20(23)26/h4-7,12-13,15,17H,8-11H2,1-3H3,(H,22,25,26)/t12-,13-,15-,17+/m1/s1. The van der Waals surface area contributed by atoms with Crippen molar-refractivity contribution in [2.75, 3.05) is 0 Å². The largest absolute Gasteiger partial charge is 0.462 e. The van der Waals surface area contributed by atoms with Crippen LogP contribution in [0.1, 0.15) is 40.0 Å². The monoisotopic (exact) mass is 370 g/mol. The number of aromatic amines is 1. The van der Waals surface area contributed by atoms with Crippen LogP contribution in [0.5, 0.6) is 0 Å². The highest BCUT2D eigenvalue weighted by molar-refractivity contribution is 5.78. The smallest absolute Gasteiger partial charge is 0.328 e. The number of nitrogens with one attached hydrogen (secondary N) is 1. The van der Waals surface area contributed by atoms with E-state index in [1.165, 1.54) is 11.0 Å². The lowest BCUT2D eigenvalue weighted by Gasteiger charge is -2.61. The number of hydrogen-bond donors (Lipinski definition) is 1. The molecule has 0 spiro atoms. The van der Waals surface area contributed by atoms with Gasteiger partial charge in [0.05, 0.1) is 17.3 Å². The summed E-state index contributed by atoms with van der Waals surface area (Å²) in [6, 6.07) is 6.90. The molecule has 2 aromatic rings. The van der Waals surface area contributed by atoms with Gasteiger partial charge in [0.25, 0.3) is 5.56 Å². The summed E-state index contributed by atoms with van der Waals surface area (Å²) in [5.74, 6) is 1.32. The third-order valence-electron chi connectivity index (χ3n) is 7.01. The lowest BCUT2D eigenvalue weighted by molar-refractivity contribution is -0.186. The van der Waals surface area contributed by atoms with E-state index in [2.05, 4.69) is 25.8 Å². The number of benzene rings is 1. The van der Waals surface area contributed by atoms with Gasteiger partial charge < -0.3 is 4.74 Å². The van der Waals surface area contributed by atoms with Crippen molar-refractivity contribution in [2.24, 2.45) is 23.2 Å². The van der Waals surface area contributed by atoms with Crippen molar-refractivity contribution in [3.8, 4) is 0 Å². The van der Waals surface area contributed by atoms with Crippen LogP contribution in [0.25, 0.3) is 10.9 Å². The van der Waals surface area contributed by atoms with Crippen molar-refractivity contribution >= 4 is 16.9 Å². The molecular weight excluding hydrogens is 344 g/mol. The van der Waals surface area contributed by atoms with Gasteiger partial charge in [-0.3, -0.25) is 19.1 Å². The van der Waals surface area contributed by atoms with Crippen LogP contribution in [0.2, 0.25) is 0 Å². The summed E-state index contributed by atoms with van der Waals surface area (Å²) in [5.41, 5.74) is -0.0225. The molecule has 1 aromatic heterocycles. The van der Waals surface area contributed by atoms with Crippen LogP contribution in [0.15, 0.2) is 33.9 Å². The molecule has 6 nitrogen and oxygen atoms in total. The number of para-hydroxylation sites is 1. The number of carbonyl (C=O) groups excluding carboxylic acids is 1. The zero-order valence-electron chi connectivity index (χ0n) is 16.0. The van der Waals surface area contributed by atoms with Gasteiger partial charge in [0.1, 0.15) is 6.10 Å². The van der Waals surface area contributed by atoms with Crippen LogP contribution in [0, 0.1) is 23.2 Å². The molecule has 0 amide bonds. The first kappa shape index (κ1) is 18.0. The van der Waals surface area contributed by atoms with Crippen molar-refractivity contribution < 1.29 is 9.53 Å². The van der Waals surface area contributed by atoms with Crippen LogP contribution < -0.4 is 11.2 Å². The summed E-state index contributed by atoms with van der Waals surface area (Å²) < 4.78 is 7.20. The zero-order valence-corrected chi connectivity index (χ0v) is 16.0. The molecule has 3 aliphatic carbocycles. The average Bonchev–Trinajstić information content (AvgIpc) is 2.62. The number of rotatable bonds is 4. The molecule has 144 valence electrons. The van der Waals surface area contributed by atoms with E-state index in [-0.39, 0.29) is 25.0 Å². The average molecular weight is 370 g/mol. The van der Waals surface area contributed by atoms with Crippen molar-refractivity contribution in [2.45, 2.75) is 52.7 Å². The Morgan fingerprint density at radius 2 is 2.00 bits per heavy atom. The molecule has 1 N–H and O–H groups in total. The number of carbonyl (C=O) groups is 1. The molecule has 0 saturated heterocycles. The SMILES string of the molecule is C[C@H]1[C@@H](OC(=O)CCn2c(=O)[nH]c(=O)c3ccccc32)C[C@H]2C[C@H]1C2(C)C. The quantitative estimate of drug-likeness (QED) is 0.839. The topological polar surface area (TPSA) is 81.2 Å². The van der Waals surface area contributed by atoms with Crippen LogP contribution in [-0.4, -0.2) is 21.6 Å². The summed E-state index contributed by atoms with van der Waals surface area (Å²) >= 11 is 0. The van der Waals surface area contributed by atoms with Gasteiger partial charge in [-0.05, 0) is 48.1 Å². The third kappa shape index (κ3) is 2.91. The number of hydrogen-bond acceptors (Lipinski definition) is 4. The summed E-state index contributed by atoms with van der Waals surface area (Å²) in [5, 5.41) is 0.439. The van der Waals surface area contributed by atoms with Crippen molar-refractivity contribution in [3.63, 3.8) is 0 Å². The molecular formula is C21H26N2O4. The van der Waals surface area contributed by atoms with Crippen molar-refractivity contribution in [3.05, 3.63) is 45.1 Å². The molecule has 3 aliphatic rings. The fourth-order valence-electron chi connectivity index (χ4n) is 5.15. The number of ether oxygens (including phenoxy) is 1. The molecule has 6 heteroatoms. The Kier molecular flexibility index (Phi) is 4.24. The number of esters is 1. The Morgan fingerprint density at radius 3 is 2.70 bits per heavy atom. The van der Waals surface area contributed by atoms with Gasteiger partial charge in [-0.15, -0.1) is 0 Å². The molecule has 0 radical (unpaired) electrons. The van der Waals surface area contributed by atoms with E-state index in [0.717, 1.165) is 6.42 Å². The third-order valence-corrected chi connectivity index (χ3v) is 7.01. The number of H-pyrrole nitrogens is 1. The molecule has 3 saturated carbocycles. The first-order valence-corrected chi connectivity index (χ1v) is 9.70. The summed E-state index contributed by atoms with van der Waals surface area (Å²) in [6.45, 7) is 7.00. The number of fused-ring (bicyclic) bond motifs is 3. The molecule has 3 fully saturated rings. The van der Waals surface area contributed by atoms with Gasteiger partial charge in [-0.25, -0.2) is 4.79 Å². The van der Waals surface area contributed by atoms with Crippen LogP contribution >= 0.6 is 0 Å². The Morgan fingerprint density at radius 1 is 1.26 bits per heavy atom. The minimum absolute atomic E-state index is 0.0293. The van der Waals surface area contributed by atoms with E-state index in [4.69, 9.17) is 4.74 Å². The normalized spacial score (nSPS) is 28.6. The molecule has 27 heavy (non-hydrogen) atoms. The molecule has 2 bridgehead atoms. The van der Waals surface area contributed by atoms with E-state index in [1.54, 1.807) is 24.3 Å². The van der Waals surface area contributed by atoms with Crippen molar-refractivity contribution in [1.29, 1.82) is 0 Å². The van der Waals surface area contributed by atoms with Crippen molar-refractivity contribution in [1.82, 2.24) is 9.55 Å². The van der Waals surface area contributed by atoms with Crippen LogP contribution in [0.4, 0.5) is 0 Å². The minimum atomic E-state index is -0.500. The Labute approximate surface area is 157 Å². The van der Waals surface area contributed by atoms with Gasteiger partial charge in [-0.1, -0.05) is 32.9 Å². The summed E-state index contributed by atoms with van der Waals surface area (Å²) in [6.07, 6.45) is 2.25. The van der Waals surface area contributed by atoms with E-state index in [0.29, 0.717) is 34.1 Å². The highest BCUT2D eigenvalue weighted by Crippen LogP contribution is 2.61. The predicted molar refractivity (Wildman–Crippen MR) is 102 cm³/mol. The van der Waals surface area contributed by atoms with Crippen LogP contribution in [0.3, 0.4) is 0 Å². The highest BCUT2D eigenvalue weighted by atomic mass is 16.5.